The Hall–Kier alpha value is -0.770. The largest absolute Gasteiger partial charge is 0.198 e. The smallest absolute Gasteiger partial charge is 0.0662 e. The van der Waals surface area contributed by atoms with Crippen LogP contribution in [0.5, 0.6) is 0 Å². The summed E-state index contributed by atoms with van der Waals surface area (Å²) in [6, 6.07) is 2.98. The minimum Gasteiger partial charge on any atom is -0.198 e. The Kier molecular flexibility index (Phi) is 3.03. The predicted octanol–water partition coefficient (Wildman–Crippen LogP) is 6.17. The van der Waals surface area contributed by atoms with E-state index in [1.165, 1.54) is 38.5 Å². The molecule has 9 rings (SSSR count). The molecule has 30 heavy (non-hydrogen) atoms. The molecular weight excluding hydrogens is 362 g/mol. The topological polar surface area (TPSA) is 23.8 Å². The third-order valence-corrected chi connectivity index (χ3v) is 13.8. The van der Waals surface area contributed by atoms with E-state index in [1.807, 2.05) is 0 Å². The Morgan fingerprint density at radius 3 is 1.87 bits per heavy atom. The molecule has 16 atom stereocenters. The predicted molar refractivity (Wildman–Crippen MR) is 116 cm³/mol. The molecule has 1 heteroatoms. The third-order valence-electron chi connectivity index (χ3n) is 13.8. The molecule has 0 spiro atoms. The van der Waals surface area contributed by atoms with Gasteiger partial charge in [-0.05, 0) is 120 Å². The number of hydrogen-bond acceptors (Lipinski definition) is 1. The molecule has 0 aromatic carbocycles. The number of nitriles is 1. The van der Waals surface area contributed by atoms with Crippen molar-refractivity contribution in [2.75, 3.05) is 0 Å². The van der Waals surface area contributed by atoms with Crippen LogP contribution in [0.15, 0.2) is 12.2 Å². The lowest BCUT2D eigenvalue weighted by molar-refractivity contribution is -0.0889. The van der Waals surface area contributed by atoms with Crippen LogP contribution in [0.1, 0.15) is 57.8 Å². The van der Waals surface area contributed by atoms with Gasteiger partial charge in [-0.15, -0.1) is 0 Å². The van der Waals surface area contributed by atoms with E-state index in [0.29, 0.717) is 5.92 Å². The molecule has 158 valence electrons. The van der Waals surface area contributed by atoms with Crippen LogP contribution >= 0.6 is 0 Å². The molecule has 0 aromatic rings. The second-order valence-corrected chi connectivity index (χ2v) is 13.7. The number of rotatable bonds is 1. The molecule has 0 aromatic heterocycles. The molecule has 1 nitrogen and oxygen atoms in total. The molecule has 0 N–H and O–H groups in total. The normalized spacial score (nSPS) is 67.8. The van der Waals surface area contributed by atoms with Crippen LogP contribution in [0, 0.1) is 112 Å². The van der Waals surface area contributed by atoms with Gasteiger partial charge in [0.15, 0.2) is 0 Å². The van der Waals surface area contributed by atoms with Crippen molar-refractivity contribution >= 4 is 0 Å². The van der Waals surface area contributed by atoms with Crippen molar-refractivity contribution in [1.29, 1.82) is 5.26 Å². The zero-order valence-electron chi connectivity index (χ0n) is 18.3. The highest BCUT2D eigenvalue weighted by Gasteiger charge is 2.76. The molecule has 0 saturated heterocycles. The molecule has 16 unspecified atom stereocenters. The Morgan fingerprint density at radius 2 is 1.10 bits per heavy atom. The molecular formula is C29H37N. The maximum absolute atomic E-state index is 10.3. The van der Waals surface area contributed by atoms with Gasteiger partial charge < -0.3 is 0 Å². The molecule has 0 radical (unpaired) electrons. The standard InChI is InChI=1S/C29H37N/c30-12-22-23(13-4-2-1-3-5-13)27-20-10-17-16-9-18(25-15-7-6-14(8-15)24(16)25)26(17)19-11-21(27)29(22)28(19)20/h6-7,13-29H,1-5,8-11H2. The summed E-state index contributed by atoms with van der Waals surface area (Å²) < 4.78 is 0. The lowest BCUT2D eigenvalue weighted by Gasteiger charge is -2.57. The second-order valence-electron chi connectivity index (χ2n) is 13.7. The summed E-state index contributed by atoms with van der Waals surface area (Å²) in [7, 11) is 0. The molecule has 9 aliphatic rings. The van der Waals surface area contributed by atoms with Gasteiger partial charge in [0, 0.05) is 0 Å². The first-order valence-electron chi connectivity index (χ1n) is 13.9. The average molecular weight is 400 g/mol. The first-order chi connectivity index (χ1) is 14.8. The van der Waals surface area contributed by atoms with Gasteiger partial charge in [0.25, 0.3) is 0 Å². The van der Waals surface area contributed by atoms with Gasteiger partial charge in [0.05, 0.1) is 12.0 Å². The number of nitrogens with zero attached hydrogens (tertiary/aromatic N) is 1. The van der Waals surface area contributed by atoms with Gasteiger partial charge in [-0.3, -0.25) is 0 Å². The van der Waals surface area contributed by atoms with E-state index in [1.54, 1.807) is 19.3 Å². The van der Waals surface area contributed by atoms with Gasteiger partial charge in [-0.2, -0.15) is 5.26 Å². The minimum atomic E-state index is 0.447. The fraction of sp³-hybridized carbons (Fsp3) is 0.897. The van der Waals surface area contributed by atoms with E-state index < -0.39 is 0 Å². The van der Waals surface area contributed by atoms with Gasteiger partial charge in [-0.1, -0.05) is 44.3 Å². The number of hydrogen-bond donors (Lipinski definition) is 0. The zero-order chi connectivity index (χ0) is 19.3. The van der Waals surface area contributed by atoms with Crippen molar-refractivity contribution in [1.82, 2.24) is 0 Å². The lowest BCUT2D eigenvalue weighted by Crippen LogP contribution is -2.52. The van der Waals surface area contributed by atoms with Crippen LogP contribution in [-0.4, -0.2) is 0 Å². The average Bonchev–Trinajstić information content (AvgIpc) is 3.60. The van der Waals surface area contributed by atoms with Crippen LogP contribution in [-0.2, 0) is 0 Å². The van der Waals surface area contributed by atoms with Crippen molar-refractivity contribution in [3.63, 3.8) is 0 Å². The van der Waals surface area contributed by atoms with E-state index in [0.717, 1.165) is 94.7 Å². The number of allylic oxidation sites excluding steroid dienone is 2. The van der Waals surface area contributed by atoms with Crippen LogP contribution in [0.3, 0.4) is 0 Å². The molecule has 8 saturated carbocycles. The van der Waals surface area contributed by atoms with Crippen LogP contribution in [0.25, 0.3) is 0 Å². The van der Waals surface area contributed by atoms with Gasteiger partial charge >= 0.3 is 0 Å². The third kappa shape index (κ3) is 1.66. The van der Waals surface area contributed by atoms with Crippen LogP contribution in [0.4, 0.5) is 0 Å². The Morgan fingerprint density at radius 1 is 0.533 bits per heavy atom. The van der Waals surface area contributed by atoms with E-state index >= 15 is 0 Å². The van der Waals surface area contributed by atoms with Crippen LogP contribution < -0.4 is 0 Å². The van der Waals surface area contributed by atoms with Crippen molar-refractivity contribution < 1.29 is 0 Å². The Bertz CT molecular complexity index is 860. The molecule has 8 fully saturated rings. The maximum Gasteiger partial charge on any atom is 0.0662 e. The summed E-state index contributed by atoms with van der Waals surface area (Å²) in [4.78, 5) is 0. The van der Waals surface area contributed by atoms with E-state index in [2.05, 4.69) is 18.2 Å². The van der Waals surface area contributed by atoms with Crippen molar-refractivity contribution in [3.05, 3.63) is 12.2 Å². The van der Waals surface area contributed by atoms with E-state index in [4.69, 9.17) is 0 Å². The fourth-order valence-electron chi connectivity index (χ4n) is 13.9. The monoisotopic (exact) mass is 399 g/mol. The van der Waals surface area contributed by atoms with E-state index in [-0.39, 0.29) is 0 Å². The van der Waals surface area contributed by atoms with Crippen molar-refractivity contribution in [3.8, 4) is 6.07 Å². The lowest BCUT2D eigenvalue weighted by atomic mass is 9.47. The molecule has 0 amide bonds. The quantitative estimate of drug-likeness (QED) is 0.382. The highest BCUT2D eigenvalue weighted by Crippen LogP contribution is 2.81. The summed E-state index contributed by atoms with van der Waals surface area (Å²) in [6.45, 7) is 0. The van der Waals surface area contributed by atoms with Gasteiger partial charge in [-0.25, -0.2) is 0 Å². The fourth-order valence-corrected chi connectivity index (χ4v) is 13.9. The van der Waals surface area contributed by atoms with Crippen molar-refractivity contribution in [2.24, 2.45) is 101 Å². The highest BCUT2D eigenvalue weighted by atomic mass is 14.8. The van der Waals surface area contributed by atoms with Gasteiger partial charge in [0.1, 0.15) is 0 Å². The summed E-state index contributed by atoms with van der Waals surface area (Å²) >= 11 is 0. The number of fused-ring (bicyclic) bond motifs is 14. The first-order valence-corrected chi connectivity index (χ1v) is 13.9. The summed E-state index contributed by atoms with van der Waals surface area (Å²) in [6.07, 6.45) is 18.8. The molecule has 8 bridgehead atoms. The summed E-state index contributed by atoms with van der Waals surface area (Å²) in [5.41, 5.74) is 0. The Balaban J connectivity index is 1.09. The molecule has 9 aliphatic carbocycles. The SMILES string of the molecule is N#CC1C(C2CCCCC2)C2C3CC4C5C(CC2C4C13)C1CC5C2C3C=CC(C3)C12. The molecule has 0 heterocycles. The second kappa shape index (κ2) is 5.41. The van der Waals surface area contributed by atoms with E-state index in [9.17, 15) is 5.26 Å². The summed E-state index contributed by atoms with van der Waals surface area (Å²) in [5.74, 6) is 16.5. The minimum absolute atomic E-state index is 0.447. The first kappa shape index (κ1) is 16.8. The highest BCUT2D eigenvalue weighted by molar-refractivity contribution is 5.28. The van der Waals surface area contributed by atoms with Crippen molar-refractivity contribution in [2.45, 2.75) is 57.8 Å². The summed E-state index contributed by atoms with van der Waals surface area (Å²) in [5, 5.41) is 10.3. The van der Waals surface area contributed by atoms with Gasteiger partial charge in [0.2, 0.25) is 0 Å². The zero-order valence-corrected chi connectivity index (χ0v) is 18.3. The molecule has 0 aliphatic heterocycles. The maximum atomic E-state index is 10.3. The Labute approximate surface area is 182 Å². The van der Waals surface area contributed by atoms with Crippen LogP contribution in [0.2, 0.25) is 0 Å².